The Balaban J connectivity index is 2.07. The zero-order chi connectivity index (χ0) is 13.0. The van der Waals surface area contributed by atoms with E-state index in [1.165, 1.54) is 5.56 Å². The van der Waals surface area contributed by atoms with Crippen LogP contribution in [0.3, 0.4) is 0 Å². The third kappa shape index (κ3) is 2.68. The molecule has 0 saturated heterocycles. The van der Waals surface area contributed by atoms with Gasteiger partial charge in [0.1, 0.15) is 11.8 Å². The summed E-state index contributed by atoms with van der Waals surface area (Å²) in [5.41, 5.74) is 1.26. The topological polar surface area (TPSA) is 76.7 Å². The maximum absolute atomic E-state index is 10.7. The van der Waals surface area contributed by atoms with Crippen molar-refractivity contribution in [1.29, 1.82) is 0 Å². The van der Waals surface area contributed by atoms with E-state index in [0.29, 0.717) is 11.7 Å². The molecule has 3 atom stereocenters. The molecule has 5 nitrogen and oxygen atoms in total. The van der Waals surface area contributed by atoms with Gasteiger partial charge in [-0.25, -0.2) is 0 Å². The molecule has 1 aliphatic rings. The number of nitrogens with zero attached hydrogens (tertiary/aromatic N) is 1. The fourth-order valence-corrected chi connectivity index (χ4v) is 2.71. The number of benzene rings is 1. The molecule has 0 aromatic heterocycles. The summed E-state index contributed by atoms with van der Waals surface area (Å²) in [6.07, 6.45) is 2.78. The molecule has 0 aliphatic heterocycles. The van der Waals surface area contributed by atoms with Crippen molar-refractivity contribution < 1.29 is 4.84 Å². The number of hydrogen-bond donors (Lipinski definition) is 2. The molecule has 98 valence electrons. The lowest BCUT2D eigenvalue weighted by atomic mass is 9.79. The Hall–Kier alpha value is -1.46. The Morgan fingerprint density at radius 3 is 2.61 bits per heavy atom. The Morgan fingerprint density at radius 2 is 2.06 bits per heavy atom. The van der Waals surface area contributed by atoms with E-state index in [1.54, 1.807) is 0 Å². The maximum atomic E-state index is 10.7. The summed E-state index contributed by atoms with van der Waals surface area (Å²) in [6, 6.07) is 7.88. The Kier molecular flexibility index (Phi) is 4.28. The van der Waals surface area contributed by atoms with Gasteiger partial charge in [-0.05, 0) is 49.9 Å². The van der Waals surface area contributed by atoms with Gasteiger partial charge in [0.2, 0.25) is 0 Å². The SMILES string of the molecule is CNC1CC(c2ccc(ON)cc2)CCC1N=O. The molecule has 5 heteroatoms. The quantitative estimate of drug-likeness (QED) is 0.631. The second-order valence-electron chi connectivity index (χ2n) is 4.76. The highest BCUT2D eigenvalue weighted by Crippen LogP contribution is 2.34. The zero-order valence-corrected chi connectivity index (χ0v) is 10.5. The van der Waals surface area contributed by atoms with Crippen LogP contribution in [-0.2, 0) is 0 Å². The summed E-state index contributed by atoms with van der Waals surface area (Å²) >= 11 is 0. The van der Waals surface area contributed by atoms with Gasteiger partial charge in [-0.1, -0.05) is 17.3 Å². The maximum Gasteiger partial charge on any atom is 0.146 e. The van der Waals surface area contributed by atoms with E-state index in [1.807, 2.05) is 31.3 Å². The summed E-state index contributed by atoms with van der Waals surface area (Å²) in [5.74, 6) is 6.23. The van der Waals surface area contributed by atoms with Gasteiger partial charge in [0, 0.05) is 6.04 Å². The number of nitroso groups, excluding NO2 is 1. The van der Waals surface area contributed by atoms with Gasteiger partial charge < -0.3 is 10.2 Å². The molecule has 1 aromatic rings. The molecule has 0 radical (unpaired) electrons. The summed E-state index contributed by atoms with van der Waals surface area (Å²) in [7, 11) is 1.89. The van der Waals surface area contributed by atoms with E-state index < -0.39 is 0 Å². The predicted molar refractivity (Wildman–Crippen MR) is 70.3 cm³/mol. The molecule has 1 aromatic carbocycles. The van der Waals surface area contributed by atoms with Crippen LogP contribution in [0.2, 0.25) is 0 Å². The van der Waals surface area contributed by atoms with E-state index >= 15 is 0 Å². The molecule has 1 fully saturated rings. The minimum atomic E-state index is -0.0992. The van der Waals surface area contributed by atoms with E-state index in [2.05, 4.69) is 15.3 Å². The highest BCUT2D eigenvalue weighted by atomic mass is 16.6. The molecule has 0 bridgehead atoms. The highest BCUT2D eigenvalue weighted by Gasteiger charge is 2.30. The van der Waals surface area contributed by atoms with Crippen LogP contribution >= 0.6 is 0 Å². The number of hydrogen-bond acceptors (Lipinski definition) is 5. The van der Waals surface area contributed by atoms with Crippen molar-refractivity contribution in [3.05, 3.63) is 34.7 Å². The van der Waals surface area contributed by atoms with Crippen molar-refractivity contribution in [2.24, 2.45) is 11.1 Å². The van der Waals surface area contributed by atoms with Crippen molar-refractivity contribution in [3.8, 4) is 5.75 Å². The van der Waals surface area contributed by atoms with Crippen molar-refractivity contribution in [2.45, 2.75) is 37.3 Å². The zero-order valence-electron chi connectivity index (χ0n) is 10.5. The first-order valence-corrected chi connectivity index (χ1v) is 6.25. The molecule has 3 N–H and O–H groups in total. The van der Waals surface area contributed by atoms with Gasteiger partial charge in [0.25, 0.3) is 0 Å². The van der Waals surface area contributed by atoms with Crippen molar-refractivity contribution in [1.82, 2.24) is 5.32 Å². The molecule has 18 heavy (non-hydrogen) atoms. The van der Waals surface area contributed by atoms with E-state index in [-0.39, 0.29) is 12.1 Å². The van der Waals surface area contributed by atoms with Gasteiger partial charge in [0.15, 0.2) is 0 Å². The molecular formula is C13H19N3O2. The predicted octanol–water partition coefficient (Wildman–Crippen LogP) is 1.93. The summed E-state index contributed by atoms with van der Waals surface area (Å²) in [6.45, 7) is 0. The minimum Gasteiger partial charge on any atom is -0.412 e. The third-order valence-electron chi connectivity index (χ3n) is 3.81. The number of rotatable bonds is 4. The second-order valence-corrected chi connectivity index (χ2v) is 4.76. The summed E-state index contributed by atoms with van der Waals surface area (Å²) < 4.78 is 0. The van der Waals surface area contributed by atoms with Crippen LogP contribution < -0.4 is 16.1 Å². The van der Waals surface area contributed by atoms with Crippen molar-refractivity contribution >= 4 is 0 Å². The van der Waals surface area contributed by atoms with Crippen LogP contribution in [0, 0.1) is 4.91 Å². The van der Waals surface area contributed by atoms with Crippen LogP contribution in [0.5, 0.6) is 5.75 Å². The lowest BCUT2D eigenvalue weighted by molar-refractivity contribution is 0.312. The molecule has 0 amide bonds. The average molecular weight is 249 g/mol. The van der Waals surface area contributed by atoms with Gasteiger partial charge in [-0.3, -0.25) is 0 Å². The number of nitrogens with two attached hydrogens (primary N) is 1. The largest absolute Gasteiger partial charge is 0.412 e. The summed E-state index contributed by atoms with van der Waals surface area (Å²) in [4.78, 5) is 15.4. The number of nitrogens with one attached hydrogen (secondary N) is 1. The van der Waals surface area contributed by atoms with E-state index in [4.69, 9.17) is 5.90 Å². The van der Waals surface area contributed by atoms with Crippen LogP contribution in [0.25, 0.3) is 0 Å². The smallest absolute Gasteiger partial charge is 0.146 e. The monoisotopic (exact) mass is 249 g/mol. The molecule has 3 unspecified atom stereocenters. The van der Waals surface area contributed by atoms with Crippen molar-refractivity contribution in [3.63, 3.8) is 0 Å². The van der Waals surface area contributed by atoms with E-state index in [9.17, 15) is 4.91 Å². The molecule has 0 spiro atoms. The summed E-state index contributed by atoms with van der Waals surface area (Å²) in [5, 5.41) is 6.40. The molecular weight excluding hydrogens is 230 g/mol. The first-order valence-electron chi connectivity index (χ1n) is 6.25. The van der Waals surface area contributed by atoms with Gasteiger partial charge >= 0.3 is 0 Å². The molecule has 2 rings (SSSR count). The van der Waals surface area contributed by atoms with E-state index in [0.717, 1.165) is 19.3 Å². The van der Waals surface area contributed by atoms with Gasteiger partial charge in [-0.2, -0.15) is 10.8 Å². The lowest BCUT2D eigenvalue weighted by Crippen LogP contribution is -2.41. The first-order chi connectivity index (χ1) is 8.78. The van der Waals surface area contributed by atoms with Gasteiger partial charge in [0.05, 0.1) is 0 Å². The van der Waals surface area contributed by atoms with Crippen LogP contribution in [0.15, 0.2) is 29.4 Å². The normalized spacial score (nSPS) is 27.8. The Bertz CT molecular complexity index is 394. The van der Waals surface area contributed by atoms with Crippen molar-refractivity contribution in [2.75, 3.05) is 7.05 Å². The lowest BCUT2D eigenvalue weighted by Gasteiger charge is -2.32. The third-order valence-corrected chi connectivity index (χ3v) is 3.81. The first kappa shape index (κ1) is 13.0. The molecule has 1 saturated carbocycles. The van der Waals surface area contributed by atoms with Crippen LogP contribution in [0.4, 0.5) is 0 Å². The molecule has 1 aliphatic carbocycles. The van der Waals surface area contributed by atoms with Crippen LogP contribution in [0.1, 0.15) is 30.7 Å². The Morgan fingerprint density at radius 1 is 1.33 bits per heavy atom. The van der Waals surface area contributed by atoms with Crippen LogP contribution in [-0.4, -0.2) is 19.1 Å². The average Bonchev–Trinajstić information content (AvgIpc) is 2.46. The Labute approximate surface area is 107 Å². The minimum absolute atomic E-state index is 0.0992. The number of likely N-dealkylation sites (N-methyl/N-ethyl adjacent to an activating group) is 1. The molecule has 0 heterocycles. The van der Waals surface area contributed by atoms with Gasteiger partial charge in [-0.15, -0.1) is 0 Å². The standard InChI is InChI=1S/C13H19N3O2/c1-15-13-8-10(4-7-12(13)16-17)9-2-5-11(18-14)6-3-9/h2-3,5-6,10,12-13,15H,4,7-8,14H2,1H3. The fraction of sp³-hybridized carbons (Fsp3) is 0.538. The highest BCUT2D eigenvalue weighted by molar-refractivity contribution is 5.29. The fourth-order valence-electron chi connectivity index (χ4n) is 2.71. The second kappa shape index (κ2) is 5.93.